The highest BCUT2D eigenvalue weighted by atomic mass is 35.5. The quantitative estimate of drug-likeness (QED) is 0.180. The molecule has 0 saturated carbocycles. The van der Waals surface area contributed by atoms with E-state index >= 15 is 0 Å². The second-order valence-electron chi connectivity index (χ2n) is 10.0. The minimum atomic E-state index is -4.28. The molecule has 0 unspecified atom stereocenters. The SMILES string of the molecule is CNC(=O)[C@@H](Cc1ccccc1)N(Cc1ccc(Cl)c(Cl)c1)C(=O)CN(c1ccc(Cl)c(Cl)c1)S(=O)(=O)c1ccc(C)cc1. The number of hydrogen-bond donors (Lipinski definition) is 1. The van der Waals surface area contributed by atoms with E-state index in [4.69, 9.17) is 46.4 Å². The number of hydrogen-bond acceptors (Lipinski definition) is 4. The molecule has 2 amide bonds. The van der Waals surface area contributed by atoms with Crippen LogP contribution in [0.2, 0.25) is 20.1 Å². The van der Waals surface area contributed by atoms with Crippen molar-refractivity contribution in [1.82, 2.24) is 10.2 Å². The van der Waals surface area contributed by atoms with E-state index in [1.54, 1.807) is 30.3 Å². The van der Waals surface area contributed by atoms with Crippen LogP contribution in [0.1, 0.15) is 16.7 Å². The smallest absolute Gasteiger partial charge is 0.264 e. The molecule has 230 valence electrons. The van der Waals surface area contributed by atoms with Gasteiger partial charge in [-0.25, -0.2) is 8.42 Å². The first kappa shape index (κ1) is 33.6. The maximum atomic E-state index is 14.3. The fourth-order valence-corrected chi connectivity index (χ4v) is 6.58. The van der Waals surface area contributed by atoms with E-state index in [-0.39, 0.29) is 38.6 Å². The van der Waals surface area contributed by atoms with Gasteiger partial charge in [0.2, 0.25) is 11.8 Å². The maximum Gasteiger partial charge on any atom is 0.264 e. The largest absolute Gasteiger partial charge is 0.357 e. The number of carbonyl (C=O) groups is 2. The number of nitrogens with zero attached hydrogens (tertiary/aromatic N) is 2. The molecule has 1 N–H and O–H groups in total. The van der Waals surface area contributed by atoms with Crippen molar-refractivity contribution in [2.75, 3.05) is 17.9 Å². The molecule has 0 saturated heterocycles. The van der Waals surface area contributed by atoms with E-state index in [2.05, 4.69) is 5.32 Å². The number of anilines is 1. The first-order valence-electron chi connectivity index (χ1n) is 13.4. The predicted molar refractivity (Wildman–Crippen MR) is 177 cm³/mol. The van der Waals surface area contributed by atoms with Crippen LogP contribution in [0.3, 0.4) is 0 Å². The van der Waals surface area contributed by atoms with Crippen molar-refractivity contribution < 1.29 is 18.0 Å². The fourth-order valence-electron chi connectivity index (χ4n) is 4.56. The lowest BCUT2D eigenvalue weighted by molar-refractivity contribution is -0.139. The second kappa shape index (κ2) is 14.7. The van der Waals surface area contributed by atoms with E-state index in [0.717, 1.165) is 15.4 Å². The molecule has 0 radical (unpaired) electrons. The third kappa shape index (κ3) is 8.06. The molecule has 4 rings (SSSR count). The van der Waals surface area contributed by atoms with Crippen LogP contribution in [-0.2, 0) is 32.6 Å². The van der Waals surface area contributed by atoms with Gasteiger partial charge >= 0.3 is 0 Å². The van der Waals surface area contributed by atoms with E-state index < -0.39 is 34.4 Å². The maximum absolute atomic E-state index is 14.3. The summed E-state index contributed by atoms with van der Waals surface area (Å²) < 4.78 is 29.1. The topological polar surface area (TPSA) is 86.8 Å². The van der Waals surface area contributed by atoms with Gasteiger partial charge in [0.1, 0.15) is 12.6 Å². The van der Waals surface area contributed by atoms with E-state index in [1.807, 2.05) is 37.3 Å². The molecular weight excluding hydrogens is 664 g/mol. The lowest BCUT2D eigenvalue weighted by Crippen LogP contribution is -2.53. The molecular formula is C32H29Cl4N3O4S. The summed E-state index contributed by atoms with van der Waals surface area (Å²) in [6.45, 7) is 1.14. The highest BCUT2D eigenvalue weighted by Gasteiger charge is 2.34. The van der Waals surface area contributed by atoms with Crippen molar-refractivity contribution >= 4 is 73.9 Å². The van der Waals surface area contributed by atoms with Gasteiger partial charge in [0.05, 0.1) is 30.7 Å². The first-order chi connectivity index (χ1) is 20.9. The molecule has 4 aromatic carbocycles. The normalized spacial score (nSPS) is 12.0. The summed E-state index contributed by atoms with van der Waals surface area (Å²) in [5.41, 5.74) is 2.39. The molecule has 0 aromatic heterocycles. The number of likely N-dealkylation sites (N-methyl/N-ethyl adjacent to an activating group) is 1. The van der Waals surface area contributed by atoms with E-state index in [0.29, 0.717) is 10.6 Å². The van der Waals surface area contributed by atoms with Gasteiger partial charge in [0, 0.05) is 20.0 Å². The van der Waals surface area contributed by atoms with Crippen molar-refractivity contribution in [1.29, 1.82) is 0 Å². The van der Waals surface area contributed by atoms with Crippen molar-refractivity contribution in [3.05, 3.63) is 128 Å². The van der Waals surface area contributed by atoms with Crippen molar-refractivity contribution in [3.8, 4) is 0 Å². The zero-order valence-corrected chi connectivity index (χ0v) is 27.6. The number of aryl methyl sites for hydroxylation is 1. The molecule has 0 bridgehead atoms. The van der Waals surface area contributed by atoms with Crippen LogP contribution < -0.4 is 9.62 Å². The molecule has 44 heavy (non-hydrogen) atoms. The zero-order valence-electron chi connectivity index (χ0n) is 23.8. The van der Waals surface area contributed by atoms with Crippen LogP contribution in [0.15, 0.2) is 95.9 Å². The van der Waals surface area contributed by atoms with E-state index in [1.165, 1.54) is 42.3 Å². The van der Waals surface area contributed by atoms with Crippen molar-refractivity contribution in [3.63, 3.8) is 0 Å². The predicted octanol–water partition coefficient (Wildman–Crippen LogP) is 7.19. The van der Waals surface area contributed by atoms with Gasteiger partial charge in [-0.2, -0.15) is 0 Å². The Morgan fingerprint density at radius 3 is 1.98 bits per heavy atom. The third-order valence-corrected chi connectivity index (χ3v) is 10.2. The molecule has 0 fully saturated rings. The third-order valence-electron chi connectivity index (χ3n) is 6.93. The Hall–Kier alpha value is -3.27. The summed E-state index contributed by atoms with van der Waals surface area (Å²) in [5, 5.41) is 3.58. The van der Waals surface area contributed by atoms with Crippen LogP contribution in [0.5, 0.6) is 0 Å². The van der Waals surface area contributed by atoms with Gasteiger partial charge < -0.3 is 10.2 Å². The van der Waals surface area contributed by atoms with Crippen LogP contribution in [0.4, 0.5) is 5.69 Å². The Morgan fingerprint density at radius 1 is 0.773 bits per heavy atom. The molecule has 0 aliphatic carbocycles. The van der Waals surface area contributed by atoms with Crippen LogP contribution in [0.25, 0.3) is 0 Å². The van der Waals surface area contributed by atoms with Gasteiger partial charge in [0.15, 0.2) is 0 Å². The van der Waals surface area contributed by atoms with Gasteiger partial charge in [-0.1, -0.05) is 100 Å². The minimum Gasteiger partial charge on any atom is -0.357 e. The van der Waals surface area contributed by atoms with Gasteiger partial charge in [-0.15, -0.1) is 0 Å². The number of halogens is 4. The average molecular weight is 693 g/mol. The highest BCUT2D eigenvalue weighted by molar-refractivity contribution is 7.92. The minimum absolute atomic E-state index is 0.0230. The Morgan fingerprint density at radius 2 is 1.39 bits per heavy atom. The molecule has 12 heteroatoms. The monoisotopic (exact) mass is 691 g/mol. The first-order valence-corrected chi connectivity index (χ1v) is 16.4. The number of benzene rings is 4. The Labute approximate surface area is 277 Å². The number of nitrogens with one attached hydrogen (secondary N) is 1. The average Bonchev–Trinajstić information content (AvgIpc) is 3.01. The number of amides is 2. The van der Waals surface area contributed by atoms with Gasteiger partial charge in [0.25, 0.3) is 10.0 Å². The molecule has 0 spiro atoms. The van der Waals surface area contributed by atoms with Crippen molar-refractivity contribution in [2.45, 2.75) is 30.8 Å². The van der Waals surface area contributed by atoms with Crippen LogP contribution >= 0.6 is 46.4 Å². The summed E-state index contributed by atoms with van der Waals surface area (Å²) in [5.74, 6) is -1.06. The molecule has 0 heterocycles. The highest BCUT2D eigenvalue weighted by Crippen LogP contribution is 2.31. The Balaban J connectivity index is 1.81. The molecule has 0 aliphatic heterocycles. The van der Waals surface area contributed by atoms with Crippen LogP contribution in [-0.4, -0.2) is 44.8 Å². The summed E-state index contributed by atoms with van der Waals surface area (Å²) >= 11 is 24.8. The lowest BCUT2D eigenvalue weighted by Gasteiger charge is -2.33. The fraction of sp³-hybridized carbons (Fsp3) is 0.188. The number of carbonyl (C=O) groups excluding carboxylic acids is 2. The molecule has 1 atom stereocenters. The zero-order chi connectivity index (χ0) is 32.0. The lowest BCUT2D eigenvalue weighted by atomic mass is 10.0. The summed E-state index contributed by atoms with van der Waals surface area (Å²) in [6.07, 6.45) is 0.172. The van der Waals surface area contributed by atoms with E-state index in [9.17, 15) is 18.0 Å². The molecule has 4 aromatic rings. The molecule has 7 nitrogen and oxygen atoms in total. The summed E-state index contributed by atoms with van der Waals surface area (Å²) in [4.78, 5) is 29.0. The number of rotatable bonds is 11. The standard InChI is InChI=1S/C32H29Cl4N3O4S/c1-21-8-12-25(13-9-21)44(42,43)39(24-11-15-27(34)29(36)18-24)20-31(40)38(19-23-10-14-26(33)28(35)16-23)30(32(41)37-2)17-22-6-4-3-5-7-22/h3-16,18,30H,17,19-20H2,1-2H3,(H,37,41)/t30-/m1/s1. The van der Waals surface area contributed by atoms with Gasteiger partial charge in [-0.3, -0.25) is 13.9 Å². The second-order valence-corrected chi connectivity index (χ2v) is 13.5. The summed E-state index contributed by atoms with van der Waals surface area (Å²) in [6, 6.07) is 23.7. The number of sulfonamides is 1. The van der Waals surface area contributed by atoms with Gasteiger partial charge in [-0.05, 0) is 60.5 Å². The summed E-state index contributed by atoms with van der Waals surface area (Å²) in [7, 11) is -2.80. The Bertz CT molecular complexity index is 1750. The Kier molecular flexibility index (Phi) is 11.2. The van der Waals surface area contributed by atoms with Crippen molar-refractivity contribution in [2.24, 2.45) is 0 Å². The van der Waals surface area contributed by atoms with Crippen LogP contribution in [0, 0.1) is 6.92 Å². The molecule has 0 aliphatic rings.